The van der Waals surface area contributed by atoms with Gasteiger partial charge in [-0.05, 0) is 54.7 Å². The van der Waals surface area contributed by atoms with E-state index in [-0.39, 0.29) is 11.1 Å². The van der Waals surface area contributed by atoms with Gasteiger partial charge < -0.3 is 4.74 Å². The molecule has 1 aromatic heterocycles. The van der Waals surface area contributed by atoms with E-state index in [0.717, 1.165) is 41.9 Å². The summed E-state index contributed by atoms with van der Waals surface area (Å²) in [6.45, 7) is 2.12. The molecule has 2 heterocycles. The number of rotatable bonds is 7. The van der Waals surface area contributed by atoms with E-state index in [4.69, 9.17) is 4.74 Å². The van der Waals surface area contributed by atoms with E-state index in [1.807, 2.05) is 49.5 Å². The Balaban J connectivity index is 1.46. The van der Waals surface area contributed by atoms with Crippen molar-refractivity contribution in [3.63, 3.8) is 0 Å². The van der Waals surface area contributed by atoms with Crippen molar-refractivity contribution in [2.24, 2.45) is 0 Å². The molecule has 1 aromatic carbocycles. The number of hydrogen-bond acceptors (Lipinski definition) is 6. The molecule has 1 N–H and O–H groups in total. The second-order valence-electron chi connectivity index (χ2n) is 5.83. The van der Waals surface area contributed by atoms with Crippen LogP contribution in [-0.4, -0.2) is 41.2 Å². The number of imide groups is 1. The van der Waals surface area contributed by atoms with Crippen molar-refractivity contribution in [1.29, 1.82) is 0 Å². The van der Waals surface area contributed by atoms with Gasteiger partial charge in [-0.25, -0.2) is 0 Å². The fourth-order valence-corrected chi connectivity index (χ4v) is 3.08. The smallest absolute Gasteiger partial charge is 0.290 e. The van der Waals surface area contributed by atoms with Crippen LogP contribution in [0, 0.1) is 0 Å². The Morgan fingerprint density at radius 2 is 2.00 bits per heavy atom. The molecule has 0 radical (unpaired) electrons. The molecule has 2 aromatic rings. The van der Waals surface area contributed by atoms with E-state index in [9.17, 15) is 9.59 Å². The highest BCUT2D eigenvalue weighted by Crippen LogP contribution is 2.26. The first-order valence-corrected chi connectivity index (χ1v) is 8.98. The van der Waals surface area contributed by atoms with Crippen molar-refractivity contribution in [2.45, 2.75) is 6.54 Å². The lowest BCUT2D eigenvalue weighted by Crippen LogP contribution is -2.24. The SMILES string of the molecule is CN(CCOc1ccc(/C=C2\SC(=O)NC2=O)cc1)Cc1ccccn1. The number of carbonyl (C=O) groups excluding carboxylic acids is 2. The topological polar surface area (TPSA) is 71.5 Å². The van der Waals surface area contributed by atoms with Crippen LogP contribution in [0.5, 0.6) is 5.75 Å². The Bertz CT molecular complexity index is 807. The van der Waals surface area contributed by atoms with E-state index in [1.54, 1.807) is 12.3 Å². The molecule has 7 heteroatoms. The zero-order chi connectivity index (χ0) is 18.4. The first kappa shape index (κ1) is 18.2. The summed E-state index contributed by atoms with van der Waals surface area (Å²) >= 11 is 0.910. The number of pyridine rings is 1. The summed E-state index contributed by atoms with van der Waals surface area (Å²) in [7, 11) is 2.03. The summed E-state index contributed by atoms with van der Waals surface area (Å²) in [5.74, 6) is 0.411. The Morgan fingerprint density at radius 3 is 2.65 bits per heavy atom. The molecule has 0 spiro atoms. The van der Waals surface area contributed by atoms with E-state index in [0.29, 0.717) is 11.5 Å². The van der Waals surface area contributed by atoms with Gasteiger partial charge in [-0.1, -0.05) is 18.2 Å². The van der Waals surface area contributed by atoms with Gasteiger partial charge in [0.05, 0.1) is 10.6 Å². The second kappa shape index (κ2) is 8.64. The van der Waals surface area contributed by atoms with E-state index in [2.05, 4.69) is 15.2 Å². The molecule has 134 valence electrons. The zero-order valence-electron chi connectivity index (χ0n) is 14.3. The highest BCUT2D eigenvalue weighted by atomic mass is 32.2. The number of hydrogen-bond donors (Lipinski definition) is 1. The van der Waals surface area contributed by atoms with E-state index in [1.165, 1.54) is 0 Å². The van der Waals surface area contributed by atoms with Crippen molar-refractivity contribution < 1.29 is 14.3 Å². The Morgan fingerprint density at radius 1 is 1.19 bits per heavy atom. The van der Waals surface area contributed by atoms with Crippen molar-refractivity contribution in [3.8, 4) is 5.75 Å². The highest BCUT2D eigenvalue weighted by Gasteiger charge is 2.24. The molecule has 26 heavy (non-hydrogen) atoms. The molecule has 1 aliphatic heterocycles. The maximum absolute atomic E-state index is 11.5. The van der Waals surface area contributed by atoms with Crippen LogP contribution in [0.4, 0.5) is 4.79 Å². The molecule has 0 atom stereocenters. The minimum absolute atomic E-state index is 0.337. The number of carbonyl (C=O) groups is 2. The van der Waals surface area contributed by atoms with Gasteiger partial charge in [0.15, 0.2) is 0 Å². The van der Waals surface area contributed by atoms with Crippen molar-refractivity contribution in [1.82, 2.24) is 15.2 Å². The van der Waals surface area contributed by atoms with Crippen molar-refractivity contribution >= 4 is 29.0 Å². The summed E-state index contributed by atoms with van der Waals surface area (Å²) in [5, 5.41) is 1.90. The molecule has 1 fully saturated rings. The van der Waals surface area contributed by atoms with Crippen LogP contribution in [0.15, 0.2) is 53.6 Å². The van der Waals surface area contributed by atoms with Gasteiger partial charge in [0.25, 0.3) is 11.1 Å². The summed E-state index contributed by atoms with van der Waals surface area (Å²) in [6.07, 6.45) is 3.48. The van der Waals surface area contributed by atoms with Gasteiger partial charge in [-0.2, -0.15) is 0 Å². The number of nitrogens with one attached hydrogen (secondary N) is 1. The van der Waals surface area contributed by atoms with E-state index >= 15 is 0 Å². The first-order chi connectivity index (χ1) is 12.6. The molecule has 1 saturated heterocycles. The van der Waals surface area contributed by atoms with Gasteiger partial charge in [-0.3, -0.25) is 24.8 Å². The molecule has 3 rings (SSSR count). The number of amides is 2. The molecule has 0 aliphatic carbocycles. The second-order valence-corrected chi connectivity index (χ2v) is 6.84. The molecule has 0 bridgehead atoms. The van der Waals surface area contributed by atoms with Gasteiger partial charge >= 0.3 is 0 Å². The molecular weight excluding hydrogens is 350 g/mol. The Kier molecular flexibility index (Phi) is 6.04. The number of aromatic nitrogens is 1. The number of benzene rings is 1. The van der Waals surface area contributed by atoms with Crippen LogP contribution >= 0.6 is 11.8 Å². The third-order valence-corrected chi connectivity index (χ3v) is 4.53. The number of likely N-dealkylation sites (N-methyl/N-ethyl adjacent to an activating group) is 1. The average Bonchev–Trinajstić information content (AvgIpc) is 2.94. The Hall–Kier alpha value is -2.64. The molecule has 0 saturated carbocycles. The molecule has 6 nitrogen and oxygen atoms in total. The predicted octanol–water partition coefficient (Wildman–Crippen LogP) is 2.92. The lowest BCUT2D eigenvalue weighted by molar-refractivity contribution is -0.115. The lowest BCUT2D eigenvalue weighted by atomic mass is 10.2. The van der Waals surface area contributed by atoms with Gasteiger partial charge in [0.1, 0.15) is 12.4 Å². The van der Waals surface area contributed by atoms with E-state index < -0.39 is 0 Å². The third-order valence-electron chi connectivity index (χ3n) is 3.72. The fraction of sp³-hybridized carbons (Fsp3) is 0.211. The van der Waals surface area contributed by atoms with Gasteiger partial charge in [0.2, 0.25) is 0 Å². The summed E-state index contributed by atoms with van der Waals surface area (Å²) < 4.78 is 5.76. The fourth-order valence-electron chi connectivity index (χ4n) is 2.40. The maximum atomic E-state index is 11.5. The third kappa shape index (κ3) is 5.18. The zero-order valence-corrected chi connectivity index (χ0v) is 15.2. The van der Waals surface area contributed by atoms with Crippen LogP contribution in [0.1, 0.15) is 11.3 Å². The largest absolute Gasteiger partial charge is 0.492 e. The van der Waals surface area contributed by atoms with Gasteiger partial charge in [0, 0.05) is 19.3 Å². The Labute approximate surface area is 156 Å². The monoisotopic (exact) mass is 369 g/mol. The van der Waals surface area contributed by atoms with Crippen LogP contribution in [0.25, 0.3) is 6.08 Å². The normalized spacial score (nSPS) is 15.5. The molecule has 2 amide bonds. The minimum Gasteiger partial charge on any atom is -0.492 e. The van der Waals surface area contributed by atoms with Gasteiger partial charge in [-0.15, -0.1) is 0 Å². The molecule has 1 aliphatic rings. The highest BCUT2D eigenvalue weighted by molar-refractivity contribution is 8.18. The number of nitrogens with zero attached hydrogens (tertiary/aromatic N) is 2. The molecule has 0 unspecified atom stereocenters. The number of ether oxygens (including phenoxy) is 1. The van der Waals surface area contributed by atoms with Crippen molar-refractivity contribution in [3.05, 3.63) is 64.8 Å². The lowest BCUT2D eigenvalue weighted by Gasteiger charge is -2.16. The molecular formula is C19H19N3O3S. The average molecular weight is 369 g/mol. The van der Waals surface area contributed by atoms with Crippen LogP contribution < -0.4 is 10.1 Å². The predicted molar refractivity (Wildman–Crippen MR) is 102 cm³/mol. The number of thioether (sulfide) groups is 1. The quantitative estimate of drug-likeness (QED) is 0.757. The summed E-state index contributed by atoms with van der Waals surface area (Å²) in [5.41, 5.74) is 1.87. The standard InChI is InChI=1S/C19H19N3O3S/c1-22(13-15-4-2-3-9-20-15)10-11-25-16-7-5-14(6-8-16)12-17-18(23)21-19(24)26-17/h2-9,12H,10-11,13H2,1H3,(H,21,23,24)/b17-12-. The van der Waals surface area contributed by atoms with Crippen LogP contribution in [0.3, 0.4) is 0 Å². The first-order valence-electron chi connectivity index (χ1n) is 8.16. The maximum Gasteiger partial charge on any atom is 0.290 e. The van der Waals surface area contributed by atoms with Crippen LogP contribution in [-0.2, 0) is 11.3 Å². The summed E-state index contributed by atoms with van der Waals surface area (Å²) in [6, 6.07) is 13.3. The summed E-state index contributed by atoms with van der Waals surface area (Å²) in [4.78, 5) is 29.6. The minimum atomic E-state index is -0.351. The van der Waals surface area contributed by atoms with Crippen molar-refractivity contribution in [2.75, 3.05) is 20.2 Å². The van der Waals surface area contributed by atoms with Crippen LogP contribution in [0.2, 0.25) is 0 Å².